The minimum atomic E-state index is -4.81. The lowest BCUT2D eigenvalue weighted by Gasteiger charge is -2.16. The highest BCUT2D eigenvalue weighted by molar-refractivity contribution is 6.35. The van der Waals surface area contributed by atoms with E-state index in [0.717, 1.165) is 12.3 Å². The number of halogens is 5. The molecule has 78 valence electrons. The number of aliphatic hydroxyl groups excluding tert-OH is 1. The fourth-order valence-electron chi connectivity index (χ4n) is 0.833. The Balaban J connectivity index is 3.19. The molecule has 0 radical (unpaired) electrons. The van der Waals surface area contributed by atoms with E-state index in [1.807, 2.05) is 0 Å². The van der Waals surface area contributed by atoms with Crippen molar-refractivity contribution >= 4 is 23.2 Å². The lowest BCUT2D eigenvalue weighted by molar-refractivity contribution is -0.206. The normalized spacial score (nSPS) is 14.1. The van der Waals surface area contributed by atoms with Gasteiger partial charge >= 0.3 is 6.18 Å². The summed E-state index contributed by atoms with van der Waals surface area (Å²) in [5.41, 5.74) is -0.622. The first-order valence-electron chi connectivity index (χ1n) is 3.38. The molecular formula is C7H4Cl2F3NO. The molecule has 1 N–H and O–H groups in total. The van der Waals surface area contributed by atoms with Gasteiger partial charge in [-0.15, -0.1) is 0 Å². The SMILES string of the molecule is OC(c1c(Cl)ccnc1Cl)C(F)(F)F. The molecule has 0 aliphatic heterocycles. The average molecular weight is 246 g/mol. The van der Waals surface area contributed by atoms with Gasteiger partial charge in [-0.1, -0.05) is 23.2 Å². The molecule has 1 aromatic rings. The molecule has 0 fully saturated rings. The van der Waals surface area contributed by atoms with Gasteiger partial charge in [0.15, 0.2) is 6.10 Å². The molecule has 0 amide bonds. The van der Waals surface area contributed by atoms with Crippen LogP contribution in [0.4, 0.5) is 13.2 Å². The smallest absolute Gasteiger partial charge is 0.379 e. The molecule has 0 bridgehead atoms. The van der Waals surface area contributed by atoms with Crippen LogP contribution in [0.5, 0.6) is 0 Å². The zero-order valence-electron chi connectivity index (χ0n) is 6.52. The summed E-state index contributed by atoms with van der Waals surface area (Å²) >= 11 is 10.8. The molecule has 0 spiro atoms. The number of nitrogens with zero attached hydrogens (tertiary/aromatic N) is 1. The summed E-state index contributed by atoms with van der Waals surface area (Å²) in [5, 5.41) is 8.16. The van der Waals surface area contributed by atoms with E-state index in [0.29, 0.717) is 0 Å². The van der Waals surface area contributed by atoms with Crippen LogP contribution in [-0.4, -0.2) is 16.3 Å². The Morgan fingerprint density at radius 2 is 1.93 bits per heavy atom. The summed E-state index contributed by atoms with van der Waals surface area (Å²) in [6, 6.07) is 1.12. The summed E-state index contributed by atoms with van der Waals surface area (Å²) < 4.78 is 36.3. The monoisotopic (exact) mass is 245 g/mol. The number of pyridine rings is 1. The summed E-state index contributed by atoms with van der Waals surface area (Å²) in [5.74, 6) is 0. The van der Waals surface area contributed by atoms with Crippen LogP contribution >= 0.6 is 23.2 Å². The number of hydrogen-bond donors (Lipinski definition) is 1. The summed E-state index contributed by atoms with van der Waals surface area (Å²) in [6.07, 6.45) is -6.37. The van der Waals surface area contributed by atoms with Crippen LogP contribution in [0.15, 0.2) is 12.3 Å². The number of aliphatic hydroxyl groups is 1. The van der Waals surface area contributed by atoms with E-state index >= 15 is 0 Å². The van der Waals surface area contributed by atoms with Gasteiger partial charge in [-0.25, -0.2) is 4.98 Å². The van der Waals surface area contributed by atoms with Gasteiger partial charge < -0.3 is 5.11 Å². The maximum Gasteiger partial charge on any atom is 0.418 e. The van der Waals surface area contributed by atoms with Gasteiger partial charge in [0.2, 0.25) is 0 Å². The Labute approximate surface area is 87.3 Å². The number of rotatable bonds is 1. The van der Waals surface area contributed by atoms with E-state index in [1.165, 1.54) is 0 Å². The molecule has 0 aromatic carbocycles. The number of hydrogen-bond acceptors (Lipinski definition) is 2. The van der Waals surface area contributed by atoms with Crippen molar-refractivity contribution in [3.05, 3.63) is 28.0 Å². The van der Waals surface area contributed by atoms with E-state index in [9.17, 15) is 13.2 Å². The van der Waals surface area contributed by atoms with Gasteiger partial charge in [0.25, 0.3) is 0 Å². The fourth-order valence-corrected chi connectivity index (χ4v) is 1.39. The summed E-state index contributed by atoms with van der Waals surface area (Å²) in [6.45, 7) is 0. The first-order valence-corrected chi connectivity index (χ1v) is 4.14. The minimum absolute atomic E-state index is 0.269. The highest BCUT2D eigenvalue weighted by Gasteiger charge is 2.41. The van der Waals surface area contributed by atoms with Crippen LogP contribution in [0.2, 0.25) is 10.2 Å². The van der Waals surface area contributed by atoms with Crippen LogP contribution in [0.25, 0.3) is 0 Å². The average Bonchev–Trinajstić information content (AvgIpc) is 2.01. The Hall–Kier alpha value is -0.520. The topological polar surface area (TPSA) is 33.1 Å². The lowest BCUT2D eigenvalue weighted by atomic mass is 10.1. The molecule has 1 rings (SSSR count). The predicted octanol–water partition coefficient (Wildman–Crippen LogP) is 2.98. The van der Waals surface area contributed by atoms with Crippen molar-refractivity contribution in [1.29, 1.82) is 0 Å². The van der Waals surface area contributed by atoms with E-state index < -0.39 is 23.0 Å². The standard InChI is InChI=1S/C7H4Cl2F3NO/c8-3-1-2-13-6(9)4(3)5(14)7(10,11)12/h1-2,5,14H. The summed E-state index contributed by atoms with van der Waals surface area (Å²) in [4.78, 5) is 3.40. The summed E-state index contributed by atoms with van der Waals surface area (Å²) in [7, 11) is 0. The van der Waals surface area contributed by atoms with Gasteiger partial charge in [-0.3, -0.25) is 0 Å². The molecule has 0 saturated heterocycles. The van der Waals surface area contributed by atoms with E-state index in [-0.39, 0.29) is 5.02 Å². The Morgan fingerprint density at radius 3 is 2.36 bits per heavy atom. The van der Waals surface area contributed by atoms with Gasteiger partial charge in [-0.2, -0.15) is 13.2 Å². The fraction of sp³-hybridized carbons (Fsp3) is 0.286. The van der Waals surface area contributed by atoms with E-state index in [2.05, 4.69) is 4.98 Å². The first kappa shape index (κ1) is 11.6. The zero-order chi connectivity index (χ0) is 10.9. The molecule has 0 aliphatic rings. The van der Waals surface area contributed by atoms with Crippen molar-refractivity contribution in [3.63, 3.8) is 0 Å². The Morgan fingerprint density at radius 1 is 1.36 bits per heavy atom. The molecule has 0 saturated carbocycles. The molecule has 1 aromatic heterocycles. The van der Waals surface area contributed by atoms with Gasteiger partial charge in [0.1, 0.15) is 5.15 Å². The van der Waals surface area contributed by atoms with Gasteiger partial charge in [0.05, 0.1) is 5.02 Å². The second-order valence-electron chi connectivity index (χ2n) is 2.44. The molecule has 2 nitrogen and oxygen atoms in total. The predicted molar refractivity (Wildman–Crippen MR) is 45.3 cm³/mol. The number of alkyl halides is 3. The third-order valence-corrected chi connectivity index (χ3v) is 2.10. The van der Waals surface area contributed by atoms with Gasteiger partial charge in [-0.05, 0) is 6.07 Å². The Kier molecular flexibility index (Phi) is 3.24. The van der Waals surface area contributed by atoms with E-state index in [4.69, 9.17) is 28.3 Å². The van der Waals surface area contributed by atoms with E-state index in [1.54, 1.807) is 0 Å². The Bertz CT molecular complexity index is 322. The van der Waals surface area contributed by atoms with Crippen molar-refractivity contribution < 1.29 is 18.3 Å². The second-order valence-corrected chi connectivity index (χ2v) is 3.21. The maximum atomic E-state index is 12.1. The lowest BCUT2D eigenvalue weighted by Crippen LogP contribution is -2.21. The van der Waals surface area contributed by atoms with Crippen molar-refractivity contribution in [3.8, 4) is 0 Å². The van der Waals surface area contributed by atoms with Crippen LogP contribution < -0.4 is 0 Å². The van der Waals surface area contributed by atoms with Crippen molar-refractivity contribution in [2.24, 2.45) is 0 Å². The maximum absolute atomic E-state index is 12.1. The third-order valence-electron chi connectivity index (χ3n) is 1.47. The van der Waals surface area contributed by atoms with Gasteiger partial charge in [0, 0.05) is 11.8 Å². The van der Waals surface area contributed by atoms with Crippen molar-refractivity contribution in [2.45, 2.75) is 12.3 Å². The molecular weight excluding hydrogens is 242 g/mol. The largest absolute Gasteiger partial charge is 0.418 e. The molecule has 7 heteroatoms. The quantitative estimate of drug-likeness (QED) is 0.772. The molecule has 14 heavy (non-hydrogen) atoms. The van der Waals surface area contributed by atoms with Crippen LogP contribution in [0.1, 0.15) is 11.7 Å². The van der Waals surface area contributed by atoms with Crippen LogP contribution in [-0.2, 0) is 0 Å². The van der Waals surface area contributed by atoms with Crippen LogP contribution in [0.3, 0.4) is 0 Å². The van der Waals surface area contributed by atoms with Crippen molar-refractivity contribution in [1.82, 2.24) is 4.98 Å². The zero-order valence-corrected chi connectivity index (χ0v) is 8.03. The third kappa shape index (κ3) is 2.29. The highest BCUT2D eigenvalue weighted by atomic mass is 35.5. The molecule has 1 unspecified atom stereocenters. The molecule has 1 atom stereocenters. The van der Waals surface area contributed by atoms with Crippen LogP contribution in [0, 0.1) is 0 Å². The van der Waals surface area contributed by atoms with Crippen molar-refractivity contribution in [2.75, 3.05) is 0 Å². The first-order chi connectivity index (χ1) is 6.34. The highest BCUT2D eigenvalue weighted by Crippen LogP contribution is 2.38. The molecule has 1 heterocycles. The number of aromatic nitrogens is 1. The molecule has 0 aliphatic carbocycles. The minimum Gasteiger partial charge on any atom is -0.379 e. The second kappa shape index (κ2) is 3.92.